The molecule has 2 N–H and O–H groups in total. The van der Waals surface area contributed by atoms with E-state index in [1.54, 1.807) is 6.07 Å². The first-order chi connectivity index (χ1) is 14.0. The summed E-state index contributed by atoms with van der Waals surface area (Å²) < 4.78 is 5.71. The molecule has 0 aromatic heterocycles. The van der Waals surface area contributed by atoms with Gasteiger partial charge in [0.15, 0.2) is 0 Å². The van der Waals surface area contributed by atoms with Gasteiger partial charge in [-0.1, -0.05) is 36.4 Å². The Morgan fingerprint density at radius 1 is 1.03 bits per heavy atom. The van der Waals surface area contributed by atoms with Crippen molar-refractivity contribution >= 4 is 23.3 Å². The number of benzene rings is 2. The van der Waals surface area contributed by atoms with Crippen LogP contribution in [0.4, 0.5) is 11.4 Å². The maximum absolute atomic E-state index is 13.0. The number of hydrogen-bond acceptors (Lipinski definition) is 5. The molecule has 2 fully saturated rings. The van der Waals surface area contributed by atoms with E-state index in [9.17, 15) is 14.7 Å². The van der Waals surface area contributed by atoms with E-state index in [0.29, 0.717) is 12.1 Å². The van der Waals surface area contributed by atoms with Crippen LogP contribution in [-0.2, 0) is 14.3 Å². The van der Waals surface area contributed by atoms with Gasteiger partial charge in [-0.15, -0.1) is 0 Å². The third-order valence-electron chi connectivity index (χ3n) is 5.63. The van der Waals surface area contributed by atoms with Crippen LogP contribution in [-0.4, -0.2) is 29.2 Å². The highest BCUT2D eigenvalue weighted by molar-refractivity contribution is 5.96. The minimum Gasteiger partial charge on any atom is -0.481 e. The molecular weight excluding hydrogens is 370 g/mol. The Balaban J connectivity index is 1.52. The fourth-order valence-electron chi connectivity index (χ4n) is 4.23. The average molecular weight is 393 g/mol. The third kappa shape index (κ3) is 3.91. The van der Waals surface area contributed by atoms with Gasteiger partial charge >= 0.3 is 5.97 Å². The van der Waals surface area contributed by atoms with E-state index < -0.39 is 17.8 Å². The first kappa shape index (κ1) is 19.3. The molecule has 2 saturated heterocycles. The summed E-state index contributed by atoms with van der Waals surface area (Å²) in [4.78, 5) is 24.6. The molecule has 3 unspecified atom stereocenters. The fraction of sp³-hybridized carbons (Fsp3) is 0.364. The molecular formula is C22H23N3O4. The van der Waals surface area contributed by atoms with Crippen LogP contribution in [0.1, 0.15) is 31.4 Å². The number of ether oxygens (including phenoxy) is 1. The van der Waals surface area contributed by atoms with E-state index in [1.165, 1.54) is 0 Å². The van der Waals surface area contributed by atoms with Crippen LogP contribution in [0.2, 0.25) is 0 Å². The van der Waals surface area contributed by atoms with Crippen LogP contribution in [0.15, 0.2) is 64.8 Å². The number of hydrogen-bond donors (Lipinski definition) is 2. The van der Waals surface area contributed by atoms with Crippen molar-refractivity contribution in [2.75, 3.05) is 5.32 Å². The summed E-state index contributed by atoms with van der Waals surface area (Å²) in [6.07, 6.45) is 0.708. The molecule has 150 valence electrons. The number of rotatable bonds is 6. The molecule has 2 aliphatic heterocycles. The van der Waals surface area contributed by atoms with E-state index in [-0.39, 0.29) is 24.2 Å². The lowest BCUT2D eigenvalue weighted by molar-refractivity contribution is -0.147. The lowest BCUT2D eigenvalue weighted by Crippen LogP contribution is -2.41. The second-order valence-corrected chi connectivity index (χ2v) is 7.48. The lowest BCUT2D eigenvalue weighted by Gasteiger charge is -2.24. The van der Waals surface area contributed by atoms with Crippen molar-refractivity contribution in [3.05, 3.63) is 60.2 Å². The minimum atomic E-state index is -0.976. The van der Waals surface area contributed by atoms with Gasteiger partial charge in [-0.3, -0.25) is 9.59 Å². The summed E-state index contributed by atoms with van der Waals surface area (Å²) in [6, 6.07) is 16.5. The van der Waals surface area contributed by atoms with E-state index in [0.717, 1.165) is 17.7 Å². The summed E-state index contributed by atoms with van der Waals surface area (Å²) >= 11 is 0. The van der Waals surface area contributed by atoms with Gasteiger partial charge in [0.2, 0.25) is 5.91 Å². The van der Waals surface area contributed by atoms with E-state index in [1.807, 2.05) is 55.5 Å². The number of carbonyl (C=O) groups is 2. The SMILES string of the molecule is CC(N=Nc1ccccc1)c1ccccc1NC(=O)C1C(C(=O)O)[C@@H]2CC[C@H]1O2. The van der Waals surface area contributed by atoms with Crippen LogP contribution >= 0.6 is 0 Å². The predicted molar refractivity (Wildman–Crippen MR) is 107 cm³/mol. The zero-order valence-corrected chi connectivity index (χ0v) is 16.1. The Hall–Kier alpha value is -3.06. The number of nitrogens with one attached hydrogen (secondary N) is 1. The van der Waals surface area contributed by atoms with Crippen molar-refractivity contribution in [1.82, 2.24) is 0 Å². The standard InChI is InChI=1S/C22H23N3O4/c1-13(24-25-14-7-3-2-4-8-14)15-9-5-6-10-16(15)23-21(26)19-17-11-12-18(29-17)20(19)22(27)28/h2-10,13,17-20H,11-12H2,1H3,(H,23,26)(H,27,28)/t13?,17-,18+,19?,20?/m1/s1. The van der Waals surface area contributed by atoms with Gasteiger partial charge < -0.3 is 15.2 Å². The predicted octanol–water partition coefficient (Wildman–Crippen LogP) is 4.35. The molecule has 2 heterocycles. The Bertz CT molecular complexity index is 931. The normalized spacial score (nSPS) is 26.5. The van der Waals surface area contributed by atoms with Crippen molar-refractivity contribution < 1.29 is 19.4 Å². The number of amides is 1. The highest BCUT2D eigenvalue weighted by Gasteiger charge is 2.55. The lowest BCUT2D eigenvalue weighted by atomic mass is 9.78. The molecule has 2 bridgehead atoms. The zero-order valence-electron chi connectivity index (χ0n) is 16.1. The zero-order chi connectivity index (χ0) is 20.4. The number of carboxylic acids is 1. The molecule has 2 aromatic rings. The van der Waals surface area contributed by atoms with Gasteiger partial charge in [-0.2, -0.15) is 10.2 Å². The maximum Gasteiger partial charge on any atom is 0.310 e. The molecule has 5 atom stereocenters. The molecule has 2 aromatic carbocycles. The number of fused-ring (bicyclic) bond motifs is 2. The van der Waals surface area contributed by atoms with Crippen LogP contribution < -0.4 is 5.32 Å². The van der Waals surface area contributed by atoms with Gasteiger partial charge in [0.05, 0.1) is 35.8 Å². The summed E-state index contributed by atoms with van der Waals surface area (Å²) in [6.45, 7) is 1.90. The molecule has 29 heavy (non-hydrogen) atoms. The van der Waals surface area contributed by atoms with Crippen molar-refractivity contribution in [2.24, 2.45) is 22.1 Å². The van der Waals surface area contributed by atoms with Crippen molar-refractivity contribution in [3.63, 3.8) is 0 Å². The highest BCUT2D eigenvalue weighted by atomic mass is 16.5. The topological polar surface area (TPSA) is 100 Å². The minimum absolute atomic E-state index is 0.279. The van der Waals surface area contributed by atoms with Crippen LogP contribution in [0, 0.1) is 11.8 Å². The summed E-state index contributed by atoms with van der Waals surface area (Å²) in [5.74, 6) is -2.77. The number of aliphatic carboxylic acids is 1. The largest absolute Gasteiger partial charge is 0.481 e. The smallest absolute Gasteiger partial charge is 0.310 e. The summed E-state index contributed by atoms with van der Waals surface area (Å²) in [5.41, 5.74) is 2.18. The van der Waals surface area contributed by atoms with Crippen molar-refractivity contribution in [1.29, 1.82) is 0 Å². The first-order valence-electron chi connectivity index (χ1n) is 9.78. The van der Waals surface area contributed by atoms with Gasteiger partial charge in [0.1, 0.15) is 0 Å². The second kappa shape index (κ2) is 8.13. The van der Waals surface area contributed by atoms with Gasteiger partial charge in [0.25, 0.3) is 0 Å². The van der Waals surface area contributed by atoms with E-state index in [2.05, 4.69) is 15.5 Å². The number of nitrogens with zero attached hydrogens (tertiary/aromatic N) is 2. The van der Waals surface area contributed by atoms with Crippen molar-refractivity contribution in [2.45, 2.75) is 38.0 Å². The fourth-order valence-corrected chi connectivity index (χ4v) is 4.23. The highest BCUT2D eigenvalue weighted by Crippen LogP contribution is 2.44. The van der Waals surface area contributed by atoms with Crippen molar-refractivity contribution in [3.8, 4) is 0 Å². The molecule has 0 radical (unpaired) electrons. The quantitative estimate of drug-likeness (QED) is 0.713. The van der Waals surface area contributed by atoms with Crippen LogP contribution in [0.5, 0.6) is 0 Å². The molecule has 7 heteroatoms. The van der Waals surface area contributed by atoms with E-state index in [4.69, 9.17) is 4.74 Å². The Morgan fingerprint density at radius 2 is 1.69 bits per heavy atom. The molecule has 2 aliphatic rings. The first-order valence-corrected chi connectivity index (χ1v) is 9.78. The number of azo groups is 1. The molecule has 7 nitrogen and oxygen atoms in total. The molecule has 4 rings (SSSR count). The molecule has 1 amide bonds. The van der Waals surface area contributed by atoms with E-state index >= 15 is 0 Å². The second-order valence-electron chi connectivity index (χ2n) is 7.48. The summed E-state index contributed by atoms with van der Waals surface area (Å²) in [7, 11) is 0. The number of anilines is 1. The Kier molecular flexibility index (Phi) is 5.40. The molecule has 0 saturated carbocycles. The Morgan fingerprint density at radius 3 is 2.41 bits per heavy atom. The van der Waals surface area contributed by atoms with Crippen LogP contribution in [0.3, 0.4) is 0 Å². The Labute approximate surface area is 168 Å². The number of carbonyl (C=O) groups excluding carboxylic acids is 1. The number of carboxylic acid groups (broad SMARTS) is 1. The number of para-hydroxylation sites is 1. The van der Waals surface area contributed by atoms with Crippen LogP contribution in [0.25, 0.3) is 0 Å². The van der Waals surface area contributed by atoms with Gasteiger partial charge in [-0.25, -0.2) is 0 Å². The monoisotopic (exact) mass is 393 g/mol. The maximum atomic E-state index is 13.0. The molecule has 0 aliphatic carbocycles. The van der Waals surface area contributed by atoms with Gasteiger partial charge in [-0.05, 0) is 38.0 Å². The average Bonchev–Trinajstić information content (AvgIpc) is 3.35. The summed E-state index contributed by atoms with van der Waals surface area (Å²) in [5, 5.41) is 21.1. The third-order valence-corrected chi connectivity index (χ3v) is 5.63. The van der Waals surface area contributed by atoms with Gasteiger partial charge in [0, 0.05) is 11.3 Å². The molecule has 0 spiro atoms.